The van der Waals surface area contributed by atoms with Gasteiger partial charge >= 0.3 is 0 Å². The summed E-state index contributed by atoms with van der Waals surface area (Å²) < 4.78 is 26.0. The van der Waals surface area contributed by atoms with Gasteiger partial charge in [0, 0.05) is 12.6 Å². The Kier molecular flexibility index (Phi) is 9.61. The number of sulfonamides is 1. The van der Waals surface area contributed by atoms with E-state index < -0.39 is 10.0 Å². The summed E-state index contributed by atoms with van der Waals surface area (Å²) in [5.74, 6) is 0.397. The second-order valence-corrected chi connectivity index (χ2v) is 6.57. The summed E-state index contributed by atoms with van der Waals surface area (Å²) in [5.41, 5.74) is 6.67. The molecule has 1 aromatic carbocycles. The van der Waals surface area contributed by atoms with E-state index in [1.54, 1.807) is 31.2 Å². The first-order chi connectivity index (χ1) is 9.89. The molecule has 1 atom stereocenters. The Balaban J connectivity index is 0.00000441. The minimum atomic E-state index is -3.40. The molecule has 0 spiro atoms. The molecule has 0 saturated carbocycles. The monoisotopic (exact) mass is 440 g/mol. The van der Waals surface area contributed by atoms with Crippen molar-refractivity contribution in [3.63, 3.8) is 0 Å². The van der Waals surface area contributed by atoms with Gasteiger partial charge in [0.2, 0.25) is 10.0 Å². The molecular weight excluding hydrogens is 415 g/mol. The van der Waals surface area contributed by atoms with Crippen molar-refractivity contribution >= 4 is 40.0 Å². The third kappa shape index (κ3) is 6.93. The minimum absolute atomic E-state index is 0. The lowest BCUT2D eigenvalue weighted by atomic mass is 10.2. The maximum Gasteiger partial charge on any atom is 0.240 e. The number of guanidine groups is 1. The summed E-state index contributed by atoms with van der Waals surface area (Å²) in [5, 5.41) is 3.07. The molecular formula is C14H25IN4O2S. The van der Waals surface area contributed by atoms with Crippen LogP contribution in [0.2, 0.25) is 0 Å². The second kappa shape index (κ2) is 10.0. The van der Waals surface area contributed by atoms with Gasteiger partial charge in [-0.05, 0) is 31.0 Å². The van der Waals surface area contributed by atoms with Crippen molar-refractivity contribution in [2.45, 2.75) is 44.7 Å². The highest BCUT2D eigenvalue weighted by Gasteiger charge is 2.11. The molecule has 0 aliphatic rings. The number of benzene rings is 1. The van der Waals surface area contributed by atoms with E-state index in [1.807, 2.05) is 6.92 Å². The maximum absolute atomic E-state index is 11.8. The number of nitrogens with zero attached hydrogens (tertiary/aromatic N) is 1. The van der Waals surface area contributed by atoms with E-state index in [2.05, 4.69) is 22.0 Å². The Bertz CT molecular complexity index is 573. The molecule has 22 heavy (non-hydrogen) atoms. The third-order valence-corrected chi connectivity index (χ3v) is 4.57. The van der Waals surface area contributed by atoms with Crippen LogP contribution < -0.4 is 15.8 Å². The zero-order chi connectivity index (χ0) is 15.9. The van der Waals surface area contributed by atoms with Crippen molar-refractivity contribution in [1.29, 1.82) is 0 Å². The van der Waals surface area contributed by atoms with Gasteiger partial charge in [-0.2, -0.15) is 0 Å². The fourth-order valence-electron chi connectivity index (χ4n) is 1.62. The molecule has 8 heteroatoms. The summed E-state index contributed by atoms with van der Waals surface area (Å²) in [6.45, 7) is 6.62. The molecule has 0 radical (unpaired) electrons. The average Bonchev–Trinajstić information content (AvgIpc) is 2.45. The minimum Gasteiger partial charge on any atom is -0.370 e. The lowest BCUT2D eigenvalue weighted by molar-refractivity contribution is 0.584. The predicted molar refractivity (Wildman–Crippen MR) is 101 cm³/mol. The van der Waals surface area contributed by atoms with Crippen LogP contribution in [-0.2, 0) is 16.6 Å². The van der Waals surface area contributed by atoms with Gasteiger partial charge in [0.15, 0.2) is 5.96 Å². The Morgan fingerprint density at radius 3 is 2.36 bits per heavy atom. The van der Waals surface area contributed by atoms with Gasteiger partial charge in [0.1, 0.15) is 0 Å². The molecule has 0 fully saturated rings. The summed E-state index contributed by atoms with van der Waals surface area (Å²) in [4.78, 5) is 4.48. The predicted octanol–water partition coefficient (Wildman–Crippen LogP) is 1.81. The normalized spacial score (nSPS) is 13.3. The number of halogens is 1. The van der Waals surface area contributed by atoms with Gasteiger partial charge in [-0.25, -0.2) is 18.1 Å². The van der Waals surface area contributed by atoms with E-state index in [4.69, 9.17) is 5.73 Å². The van der Waals surface area contributed by atoms with Crippen LogP contribution in [0.15, 0.2) is 34.2 Å². The Morgan fingerprint density at radius 1 is 1.27 bits per heavy atom. The molecule has 0 aromatic heterocycles. The second-order valence-electron chi connectivity index (χ2n) is 4.80. The van der Waals surface area contributed by atoms with Gasteiger partial charge in [0.05, 0.1) is 11.4 Å². The van der Waals surface area contributed by atoms with E-state index in [1.165, 1.54) is 0 Å². The first-order valence-electron chi connectivity index (χ1n) is 7.04. The van der Waals surface area contributed by atoms with E-state index in [0.29, 0.717) is 19.0 Å². The summed E-state index contributed by atoms with van der Waals surface area (Å²) in [7, 11) is -3.40. The molecule has 1 aromatic rings. The molecule has 1 unspecified atom stereocenters. The van der Waals surface area contributed by atoms with Crippen LogP contribution in [0.1, 0.15) is 32.8 Å². The zero-order valence-electron chi connectivity index (χ0n) is 13.2. The summed E-state index contributed by atoms with van der Waals surface area (Å²) in [6, 6.07) is 6.90. The van der Waals surface area contributed by atoms with Crippen molar-refractivity contribution in [3.8, 4) is 0 Å². The molecule has 0 bridgehead atoms. The summed E-state index contributed by atoms with van der Waals surface area (Å²) >= 11 is 0. The largest absolute Gasteiger partial charge is 0.370 e. The lowest BCUT2D eigenvalue weighted by Crippen LogP contribution is -2.38. The molecule has 0 saturated heterocycles. The van der Waals surface area contributed by atoms with Gasteiger partial charge < -0.3 is 11.1 Å². The molecule has 0 aliphatic carbocycles. The van der Waals surface area contributed by atoms with Crippen LogP contribution in [0.5, 0.6) is 0 Å². The van der Waals surface area contributed by atoms with Crippen LogP contribution in [0.25, 0.3) is 0 Å². The fraction of sp³-hybridized carbons (Fsp3) is 0.500. The van der Waals surface area contributed by atoms with Crippen LogP contribution in [0.4, 0.5) is 0 Å². The van der Waals surface area contributed by atoms with Crippen molar-refractivity contribution in [1.82, 2.24) is 10.0 Å². The molecule has 0 heterocycles. The van der Waals surface area contributed by atoms with E-state index in [-0.39, 0.29) is 34.9 Å². The Labute approximate surface area is 150 Å². The number of nitrogens with one attached hydrogen (secondary N) is 2. The number of hydrogen-bond donors (Lipinski definition) is 3. The topological polar surface area (TPSA) is 96.6 Å². The zero-order valence-corrected chi connectivity index (χ0v) is 16.3. The van der Waals surface area contributed by atoms with Crippen molar-refractivity contribution in [3.05, 3.63) is 29.8 Å². The van der Waals surface area contributed by atoms with Crippen molar-refractivity contribution in [2.75, 3.05) is 6.54 Å². The number of hydrogen-bond acceptors (Lipinski definition) is 3. The van der Waals surface area contributed by atoms with Gasteiger partial charge in [0.25, 0.3) is 0 Å². The van der Waals surface area contributed by atoms with Gasteiger partial charge in [-0.3, -0.25) is 0 Å². The Hall–Kier alpha value is -0.870. The highest BCUT2D eigenvalue weighted by atomic mass is 127. The van der Waals surface area contributed by atoms with Crippen molar-refractivity contribution < 1.29 is 8.42 Å². The van der Waals surface area contributed by atoms with Gasteiger partial charge in [-0.15, -0.1) is 24.0 Å². The Morgan fingerprint density at radius 2 is 1.86 bits per heavy atom. The average molecular weight is 440 g/mol. The molecule has 126 valence electrons. The molecule has 0 aliphatic heterocycles. The van der Waals surface area contributed by atoms with Crippen LogP contribution in [-0.4, -0.2) is 27.0 Å². The smallest absolute Gasteiger partial charge is 0.240 e. The number of nitrogens with two attached hydrogens (primary N) is 1. The molecule has 4 N–H and O–H groups in total. The van der Waals surface area contributed by atoms with Crippen molar-refractivity contribution in [2.24, 2.45) is 10.7 Å². The highest BCUT2D eigenvalue weighted by molar-refractivity contribution is 14.0. The number of rotatable bonds is 7. The quantitative estimate of drug-likeness (QED) is 0.342. The fourth-order valence-corrected chi connectivity index (χ4v) is 2.67. The van der Waals surface area contributed by atoms with Crippen LogP contribution in [0, 0.1) is 0 Å². The number of aliphatic imine (C=N–C) groups is 1. The van der Waals surface area contributed by atoms with Gasteiger partial charge in [-0.1, -0.05) is 26.0 Å². The molecule has 0 amide bonds. The lowest BCUT2D eigenvalue weighted by Gasteiger charge is -2.11. The molecule has 6 nitrogen and oxygen atoms in total. The van der Waals surface area contributed by atoms with E-state index >= 15 is 0 Å². The first kappa shape index (κ1) is 21.1. The third-order valence-electron chi connectivity index (χ3n) is 3.01. The maximum atomic E-state index is 11.8. The van der Waals surface area contributed by atoms with E-state index in [0.717, 1.165) is 12.0 Å². The van der Waals surface area contributed by atoms with Crippen LogP contribution in [0.3, 0.4) is 0 Å². The molecule has 1 rings (SSSR count). The standard InChI is InChI=1S/C14H24N4O2S.HI/c1-4-11(3)18-14(15)16-10-12-6-8-13(9-7-12)21(19,20)17-5-2;/h6-9,11,17H,4-5,10H2,1-3H3,(H3,15,16,18);1H. The first-order valence-corrected chi connectivity index (χ1v) is 8.52. The van der Waals surface area contributed by atoms with Crippen LogP contribution >= 0.6 is 24.0 Å². The highest BCUT2D eigenvalue weighted by Crippen LogP contribution is 2.11. The SMILES string of the molecule is CCNS(=O)(=O)c1ccc(CN=C(N)NC(C)CC)cc1.I. The summed E-state index contributed by atoms with van der Waals surface area (Å²) in [6.07, 6.45) is 0.965. The van der Waals surface area contributed by atoms with E-state index in [9.17, 15) is 8.42 Å².